The van der Waals surface area contributed by atoms with Crippen molar-refractivity contribution in [2.24, 2.45) is 0 Å². The summed E-state index contributed by atoms with van der Waals surface area (Å²) < 4.78 is 0. The first-order chi connectivity index (χ1) is 12.1. The van der Waals surface area contributed by atoms with E-state index in [1.165, 1.54) is 5.56 Å². The molecule has 4 aromatic rings. The van der Waals surface area contributed by atoms with Crippen LogP contribution >= 0.6 is 0 Å². The van der Waals surface area contributed by atoms with E-state index in [-0.39, 0.29) is 6.47 Å². The van der Waals surface area contributed by atoms with Crippen molar-refractivity contribution in [2.45, 2.75) is 6.92 Å². The van der Waals surface area contributed by atoms with E-state index in [2.05, 4.69) is 30.1 Å². The quantitative estimate of drug-likeness (QED) is 0.312. The summed E-state index contributed by atoms with van der Waals surface area (Å²) in [5, 5.41) is 10.2. The van der Waals surface area contributed by atoms with Crippen LogP contribution in [0.25, 0.3) is 32.9 Å². The highest BCUT2D eigenvalue weighted by atomic mass is 16.3. The number of aryl methyl sites for hydroxylation is 1. The first kappa shape index (κ1) is 16.4. The van der Waals surface area contributed by atoms with E-state index < -0.39 is 0 Å². The predicted octanol–water partition coefficient (Wildman–Crippen LogP) is 4.04. The van der Waals surface area contributed by atoms with Crippen molar-refractivity contribution in [2.75, 3.05) is 5.73 Å². The molecule has 4 rings (SSSR count). The monoisotopic (exact) mass is 331 g/mol. The number of aromatic nitrogens is 2. The minimum atomic E-state index is -0.250. The minimum absolute atomic E-state index is 0.250. The number of carboxylic acid groups (broad SMARTS) is 1. The van der Waals surface area contributed by atoms with Gasteiger partial charge in [0, 0.05) is 39.8 Å². The number of benzene rings is 2. The van der Waals surface area contributed by atoms with Crippen LogP contribution in [0.15, 0.2) is 60.9 Å². The molecular formula is C20H17N3O2. The minimum Gasteiger partial charge on any atom is -0.483 e. The van der Waals surface area contributed by atoms with Crippen molar-refractivity contribution in [1.29, 1.82) is 0 Å². The highest BCUT2D eigenvalue weighted by Gasteiger charge is 2.10. The van der Waals surface area contributed by atoms with Crippen molar-refractivity contribution in [3.05, 3.63) is 66.5 Å². The van der Waals surface area contributed by atoms with Gasteiger partial charge in [0.2, 0.25) is 0 Å². The van der Waals surface area contributed by atoms with Gasteiger partial charge in [0.1, 0.15) is 0 Å². The lowest BCUT2D eigenvalue weighted by Crippen LogP contribution is -1.92. The summed E-state index contributed by atoms with van der Waals surface area (Å²) in [5.41, 5.74) is 10.8. The molecule has 0 aliphatic carbocycles. The third-order valence-electron chi connectivity index (χ3n) is 3.91. The summed E-state index contributed by atoms with van der Waals surface area (Å²) in [6.07, 6.45) is 3.71. The molecule has 0 bridgehead atoms. The topological polar surface area (TPSA) is 89.1 Å². The number of hydrogen-bond acceptors (Lipinski definition) is 4. The van der Waals surface area contributed by atoms with Gasteiger partial charge in [-0.1, -0.05) is 24.3 Å². The maximum atomic E-state index is 8.36. The second-order valence-corrected chi connectivity index (χ2v) is 5.63. The first-order valence-electron chi connectivity index (χ1n) is 7.72. The summed E-state index contributed by atoms with van der Waals surface area (Å²) >= 11 is 0. The molecule has 0 saturated heterocycles. The second-order valence-electron chi connectivity index (χ2n) is 5.63. The number of hydrogen-bond donors (Lipinski definition) is 2. The molecule has 0 amide bonds. The van der Waals surface area contributed by atoms with Crippen molar-refractivity contribution >= 4 is 33.8 Å². The maximum Gasteiger partial charge on any atom is 0.290 e. The number of nitrogens with zero attached hydrogens (tertiary/aromatic N) is 2. The van der Waals surface area contributed by atoms with E-state index in [0.717, 1.165) is 38.6 Å². The smallest absolute Gasteiger partial charge is 0.290 e. The van der Waals surface area contributed by atoms with Crippen LogP contribution in [0, 0.1) is 6.92 Å². The average Bonchev–Trinajstić information content (AvgIpc) is 2.61. The lowest BCUT2D eigenvalue weighted by molar-refractivity contribution is -0.122. The third kappa shape index (κ3) is 3.26. The molecule has 5 nitrogen and oxygen atoms in total. The molecule has 0 fully saturated rings. The Balaban J connectivity index is 0.000000569. The normalized spacial score (nSPS) is 10.3. The van der Waals surface area contributed by atoms with Crippen molar-refractivity contribution in [1.82, 2.24) is 9.97 Å². The van der Waals surface area contributed by atoms with Gasteiger partial charge in [-0.2, -0.15) is 0 Å². The zero-order valence-corrected chi connectivity index (χ0v) is 13.7. The summed E-state index contributed by atoms with van der Waals surface area (Å²) in [6, 6.07) is 16.2. The molecule has 0 aliphatic heterocycles. The van der Waals surface area contributed by atoms with Crippen LogP contribution in [-0.2, 0) is 4.79 Å². The lowest BCUT2D eigenvalue weighted by atomic mass is 10.0. The molecule has 0 radical (unpaired) electrons. The largest absolute Gasteiger partial charge is 0.483 e. The van der Waals surface area contributed by atoms with Crippen LogP contribution in [0.2, 0.25) is 0 Å². The van der Waals surface area contributed by atoms with Gasteiger partial charge < -0.3 is 10.8 Å². The molecule has 3 N–H and O–H groups in total. The molecule has 0 saturated carbocycles. The van der Waals surface area contributed by atoms with E-state index in [1.54, 1.807) is 6.20 Å². The molecular weight excluding hydrogens is 314 g/mol. The molecule has 0 atom stereocenters. The van der Waals surface area contributed by atoms with Crippen LogP contribution in [0.3, 0.4) is 0 Å². The van der Waals surface area contributed by atoms with E-state index in [1.807, 2.05) is 36.5 Å². The fourth-order valence-electron chi connectivity index (χ4n) is 2.86. The van der Waals surface area contributed by atoms with Gasteiger partial charge in [-0.25, -0.2) is 4.98 Å². The summed E-state index contributed by atoms with van der Waals surface area (Å²) in [4.78, 5) is 17.5. The Labute approximate surface area is 144 Å². The van der Waals surface area contributed by atoms with E-state index >= 15 is 0 Å². The number of nitrogen functional groups attached to an aromatic ring is 1. The molecule has 0 unspecified atom stereocenters. The van der Waals surface area contributed by atoms with Crippen molar-refractivity contribution in [3.8, 4) is 11.3 Å². The standard InChI is InChI=1S/C19H15N3.CH2O2/c1-12-5-6-15-17-11-21-8-7-16(17)19(22-18(15)9-12)13-3-2-4-14(20)10-13;2-1-3/h2-11H,20H2,1H3;1H,(H,2,3). The molecule has 25 heavy (non-hydrogen) atoms. The SMILES string of the molecule is Cc1ccc2c(c1)nc(-c1cccc(N)c1)c1ccncc12.O=CO. The zero-order valence-electron chi connectivity index (χ0n) is 13.7. The molecule has 5 heteroatoms. The van der Waals surface area contributed by atoms with Gasteiger partial charge in [0.15, 0.2) is 0 Å². The van der Waals surface area contributed by atoms with Crippen LogP contribution < -0.4 is 5.73 Å². The fraction of sp³-hybridized carbons (Fsp3) is 0.0500. The predicted molar refractivity (Wildman–Crippen MR) is 100 cm³/mol. The van der Waals surface area contributed by atoms with Gasteiger partial charge in [-0.15, -0.1) is 0 Å². The third-order valence-corrected chi connectivity index (χ3v) is 3.91. The fourth-order valence-corrected chi connectivity index (χ4v) is 2.86. The van der Waals surface area contributed by atoms with Gasteiger partial charge in [-0.3, -0.25) is 9.78 Å². The van der Waals surface area contributed by atoms with Crippen LogP contribution in [0.4, 0.5) is 5.69 Å². The Morgan fingerprint density at radius 3 is 2.60 bits per heavy atom. The highest BCUT2D eigenvalue weighted by Crippen LogP contribution is 2.32. The van der Waals surface area contributed by atoms with Gasteiger partial charge in [-0.05, 0) is 36.8 Å². The molecule has 124 valence electrons. The maximum absolute atomic E-state index is 8.36. The van der Waals surface area contributed by atoms with Crippen LogP contribution in [-0.4, -0.2) is 21.5 Å². The van der Waals surface area contributed by atoms with E-state index in [0.29, 0.717) is 0 Å². The lowest BCUT2D eigenvalue weighted by Gasteiger charge is -2.10. The second kappa shape index (κ2) is 6.97. The molecule has 2 heterocycles. The number of carbonyl (C=O) groups is 1. The number of anilines is 1. The molecule has 0 spiro atoms. The molecule has 2 aromatic heterocycles. The highest BCUT2D eigenvalue weighted by molar-refractivity contribution is 6.10. The number of fused-ring (bicyclic) bond motifs is 3. The van der Waals surface area contributed by atoms with Crippen LogP contribution in [0.5, 0.6) is 0 Å². The Morgan fingerprint density at radius 2 is 1.84 bits per heavy atom. The number of pyridine rings is 2. The zero-order chi connectivity index (χ0) is 17.8. The van der Waals surface area contributed by atoms with E-state index in [9.17, 15) is 0 Å². The van der Waals surface area contributed by atoms with Crippen molar-refractivity contribution in [3.63, 3.8) is 0 Å². The van der Waals surface area contributed by atoms with Gasteiger partial charge >= 0.3 is 0 Å². The Morgan fingerprint density at radius 1 is 1.04 bits per heavy atom. The van der Waals surface area contributed by atoms with Crippen LogP contribution in [0.1, 0.15) is 5.56 Å². The number of rotatable bonds is 1. The Kier molecular flexibility index (Phi) is 4.57. The first-order valence-corrected chi connectivity index (χ1v) is 7.72. The Hall–Kier alpha value is -3.47. The van der Waals surface area contributed by atoms with Crippen molar-refractivity contribution < 1.29 is 9.90 Å². The summed E-state index contributed by atoms with van der Waals surface area (Å²) in [5.74, 6) is 0. The van der Waals surface area contributed by atoms with Gasteiger partial charge in [0.25, 0.3) is 6.47 Å². The number of nitrogens with two attached hydrogens (primary N) is 1. The average molecular weight is 331 g/mol. The van der Waals surface area contributed by atoms with Gasteiger partial charge in [0.05, 0.1) is 11.2 Å². The summed E-state index contributed by atoms with van der Waals surface area (Å²) in [6.45, 7) is 1.83. The summed E-state index contributed by atoms with van der Waals surface area (Å²) in [7, 11) is 0. The Bertz CT molecular complexity index is 1060. The molecule has 2 aromatic carbocycles. The molecule has 0 aliphatic rings. The van der Waals surface area contributed by atoms with E-state index in [4.69, 9.17) is 20.6 Å².